The average Bonchev–Trinajstić information content (AvgIpc) is 1.65. The van der Waals surface area contributed by atoms with E-state index >= 15 is 0 Å². The summed E-state index contributed by atoms with van der Waals surface area (Å²) in [6, 6.07) is 0.484. The quantitative estimate of drug-likeness (QED) is 0.378. The number of hydrogen-bond donors (Lipinski definition) is 0. The van der Waals surface area contributed by atoms with Crippen molar-refractivity contribution in [1.82, 2.24) is 4.90 Å². The van der Waals surface area contributed by atoms with Crippen LogP contribution in [0.3, 0.4) is 0 Å². The fourth-order valence-electron chi connectivity index (χ4n) is 0.105. The third-order valence-electron chi connectivity index (χ3n) is 0.919. The molecule has 8 heavy (non-hydrogen) atoms. The molecular formula is C5H10NSY-. The zero-order valence-corrected chi connectivity index (χ0v) is 9.16. The molecule has 0 unspecified atom stereocenters. The van der Waals surface area contributed by atoms with Crippen molar-refractivity contribution in [3.05, 3.63) is 0 Å². The van der Waals surface area contributed by atoms with E-state index in [1.54, 1.807) is 0 Å². The molecule has 0 spiro atoms. The van der Waals surface area contributed by atoms with Crippen LogP contribution in [0.1, 0.15) is 13.8 Å². The standard InChI is InChI=1S/C5H10NS.Y/c1-5(2)6(3)4-7;/h5H,1-3H3;/q-1;. The SMILES string of the molecule is CC(C)N(C)[C-]=S.[Y]. The minimum absolute atomic E-state index is 0. The van der Waals surface area contributed by atoms with E-state index in [-0.39, 0.29) is 32.7 Å². The second kappa shape index (κ2) is 6.12. The number of rotatable bonds is 2. The average molecular weight is 205 g/mol. The van der Waals surface area contributed by atoms with Crippen molar-refractivity contribution in [2.24, 2.45) is 0 Å². The molecule has 0 saturated heterocycles. The summed E-state index contributed by atoms with van der Waals surface area (Å²) in [5.74, 6) is 0. The molecule has 45 valence electrons. The van der Waals surface area contributed by atoms with E-state index in [0.29, 0.717) is 6.04 Å². The Labute approximate surface area is 81.7 Å². The van der Waals surface area contributed by atoms with Crippen LogP contribution in [0.5, 0.6) is 0 Å². The van der Waals surface area contributed by atoms with Gasteiger partial charge in [-0.3, -0.25) is 0 Å². The Morgan fingerprint density at radius 2 is 1.88 bits per heavy atom. The molecule has 0 amide bonds. The summed E-state index contributed by atoms with van der Waals surface area (Å²) in [7, 11) is 1.91. The van der Waals surface area contributed by atoms with Crippen LogP contribution in [-0.4, -0.2) is 23.5 Å². The van der Waals surface area contributed by atoms with Crippen molar-refractivity contribution in [3.8, 4) is 0 Å². The summed E-state index contributed by atoms with van der Waals surface area (Å²) in [5, 5.41) is 0. The van der Waals surface area contributed by atoms with Crippen LogP contribution < -0.4 is 0 Å². The van der Waals surface area contributed by atoms with Gasteiger partial charge in [0.1, 0.15) is 0 Å². The van der Waals surface area contributed by atoms with Crippen molar-refractivity contribution in [3.63, 3.8) is 0 Å². The predicted molar refractivity (Wildman–Crippen MR) is 35.5 cm³/mol. The van der Waals surface area contributed by atoms with Crippen molar-refractivity contribution >= 4 is 17.7 Å². The molecular weight excluding hydrogens is 195 g/mol. The molecule has 0 atom stereocenters. The second-order valence-corrected chi connectivity index (χ2v) is 1.98. The Morgan fingerprint density at radius 3 is 1.88 bits per heavy atom. The topological polar surface area (TPSA) is 3.24 Å². The summed E-state index contributed by atoms with van der Waals surface area (Å²) in [4.78, 5) is 1.86. The number of thiocarbonyl (C=S) groups is 1. The van der Waals surface area contributed by atoms with Gasteiger partial charge in [0.05, 0.1) is 0 Å². The first-order valence-electron chi connectivity index (χ1n) is 2.29. The molecule has 0 rings (SSSR count). The maximum atomic E-state index is 4.53. The van der Waals surface area contributed by atoms with E-state index in [4.69, 9.17) is 0 Å². The Bertz CT molecular complexity index is 65.4. The zero-order valence-electron chi connectivity index (χ0n) is 5.51. The molecule has 0 saturated carbocycles. The third-order valence-corrected chi connectivity index (χ3v) is 1.21. The number of nitrogens with zero attached hydrogens (tertiary/aromatic N) is 1. The summed E-state index contributed by atoms with van der Waals surface area (Å²) in [5.41, 5.74) is 2.58. The largest absolute Gasteiger partial charge is 0.545 e. The summed E-state index contributed by atoms with van der Waals surface area (Å²) >= 11 is 4.53. The third kappa shape index (κ3) is 5.14. The summed E-state index contributed by atoms with van der Waals surface area (Å²) in [6.07, 6.45) is 0. The molecule has 0 aliphatic carbocycles. The maximum absolute atomic E-state index is 4.53. The summed E-state index contributed by atoms with van der Waals surface area (Å²) < 4.78 is 0. The van der Waals surface area contributed by atoms with Crippen LogP contribution in [0.4, 0.5) is 0 Å². The van der Waals surface area contributed by atoms with Gasteiger partial charge in [0.15, 0.2) is 0 Å². The second-order valence-electron chi connectivity index (χ2n) is 1.80. The van der Waals surface area contributed by atoms with Gasteiger partial charge in [-0.2, -0.15) is 0 Å². The normalized spacial score (nSPS) is 8.00. The van der Waals surface area contributed by atoms with Gasteiger partial charge in [0.25, 0.3) is 0 Å². The van der Waals surface area contributed by atoms with E-state index in [0.717, 1.165) is 0 Å². The van der Waals surface area contributed by atoms with Crippen molar-refractivity contribution in [1.29, 1.82) is 0 Å². The van der Waals surface area contributed by atoms with Gasteiger partial charge in [-0.25, -0.2) is 0 Å². The van der Waals surface area contributed by atoms with Crippen LogP contribution in [-0.2, 0) is 32.7 Å². The van der Waals surface area contributed by atoms with E-state index in [9.17, 15) is 0 Å². The first-order valence-corrected chi connectivity index (χ1v) is 2.70. The zero-order chi connectivity index (χ0) is 5.86. The monoisotopic (exact) mass is 205 g/mol. The van der Waals surface area contributed by atoms with Crippen LogP contribution >= 0.6 is 12.2 Å². The fourth-order valence-corrected chi connectivity index (χ4v) is 0.316. The Kier molecular flexibility index (Phi) is 8.99. The maximum Gasteiger partial charge on any atom is 0 e. The van der Waals surface area contributed by atoms with E-state index < -0.39 is 0 Å². The minimum Gasteiger partial charge on any atom is -0.545 e. The molecule has 1 radical (unpaired) electrons. The molecule has 0 bridgehead atoms. The summed E-state index contributed by atoms with van der Waals surface area (Å²) in [6.45, 7) is 4.14. The first-order chi connectivity index (χ1) is 3.18. The van der Waals surface area contributed by atoms with Gasteiger partial charge < -0.3 is 22.6 Å². The fraction of sp³-hybridized carbons (Fsp3) is 0.800. The Hall–Kier alpha value is 0.994. The van der Waals surface area contributed by atoms with Crippen molar-refractivity contribution < 1.29 is 32.7 Å². The first kappa shape index (κ1) is 11.7. The molecule has 0 aromatic carbocycles. The van der Waals surface area contributed by atoms with Crippen molar-refractivity contribution in [2.75, 3.05) is 7.05 Å². The molecule has 0 heterocycles. The molecule has 0 N–H and O–H groups in total. The van der Waals surface area contributed by atoms with Crippen LogP contribution in [0.25, 0.3) is 0 Å². The smallest absolute Gasteiger partial charge is 0 e. The van der Waals surface area contributed by atoms with E-state index in [2.05, 4.69) is 31.6 Å². The molecule has 0 aliphatic rings. The van der Waals surface area contributed by atoms with Gasteiger partial charge in [0.2, 0.25) is 0 Å². The molecule has 3 heteroatoms. The molecule has 0 fully saturated rings. The van der Waals surface area contributed by atoms with Crippen molar-refractivity contribution in [2.45, 2.75) is 19.9 Å². The molecule has 1 nitrogen and oxygen atoms in total. The van der Waals surface area contributed by atoms with Gasteiger partial charge in [-0.05, 0) is 26.9 Å². The molecule has 0 aromatic heterocycles. The predicted octanol–water partition coefficient (Wildman–Crippen LogP) is 1.16. The van der Waals surface area contributed by atoms with Gasteiger partial charge in [-0.15, -0.1) is 0 Å². The van der Waals surface area contributed by atoms with E-state index in [1.807, 2.05) is 11.9 Å². The Morgan fingerprint density at radius 1 is 1.50 bits per heavy atom. The van der Waals surface area contributed by atoms with Gasteiger partial charge >= 0.3 is 0 Å². The molecule has 0 aromatic rings. The minimum atomic E-state index is 0. The van der Waals surface area contributed by atoms with Crippen LogP contribution in [0, 0.1) is 0 Å². The van der Waals surface area contributed by atoms with E-state index in [1.165, 1.54) is 0 Å². The molecule has 0 aliphatic heterocycles. The van der Waals surface area contributed by atoms with Crippen LogP contribution in [0.2, 0.25) is 0 Å². The van der Waals surface area contributed by atoms with Gasteiger partial charge in [-0.1, -0.05) is 0 Å². The number of hydrogen-bond acceptors (Lipinski definition) is 1. The van der Waals surface area contributed by atoms with Crippen LogP contribution in [0.15, 0.2) is 0 Å². The Balaban J connectivity index is 0. The van der Waals surface area contributed by atoms with Gasteiger partial charge in [0, 0.05) is 32.7 Å².